The molecule has 24 heavy (non-hydrogen) atoms. The van der Waals surface area contributed by atoms with Crippen molar-refractivity contribution in [3.63, 3.8) is 0 Å². The average molecular weight is 330 g/mol. The number of carbonyl (C=O) groups excluding carboxylic acids is 1. The molecule has 1 aliphatic heterocycles. The van der Waals surface area contributed by atoms with Crippen molar-refractivity contribution in [2.75, 3.05) is 26.9 Å². The van der Waals surface area contributed by atoms with Gasteiger partial charge in [0.2, 0.25) is 5.91 Å². The molecule has 2 aromatic heterocycles. The molecule has 0 aliphatic carbocycles. The predicted molar refractivity (Wildman–Crippen MR) is 87.4 cm³/mol. The molecule has 128 valence electrons. The lowest BCUT2D eigenvalue weighted by Gasteiger charge is -2.24. The van der Waals surface area contributed by atoms with Crippen molar-refractivity contribution in [2.24, 2.45) is 5.92 Å². The molecule has 2 aromatic rings. The molecule has 7 heteroatoms. The first-order chi connectivity index (χ1) is 11.8. The van der Waals surface area contributed by atoms with E-state index in [1.807, 2.05) is 23.2 Å². The van der Waals surface area contributed by atoms with Crippen molar-refractivity contribution in [2.45, 2.75) is 19.5 Å². The van der Waals surface area contributed by atoms with Crippen molar-refractivity contribution in [1.29, 1.82) is 0 Å². The Labute approximate surface area is 141 Å². The van der Waals surface area contributed by atoms with Crippen LogP contribution in [0.15, 0.2) is 36.9 Å². The van der Waals surface area contributed by atoms with Crippen LogP contribution in [0, 0.1) is 5.92 Å². The number of carbonyl (C=O) groups is 1. The molecule has 1 atom stereocenters. The molecule has 3 rings (SSSR count). The van der Waals surface area contributed by atoms with Crippen LogP contribution >= 0.6 is 0 Å². The van der Waals surface area contributed by atoms with Crippen molar-refractivity contribution in [3.05, 3.63) is 42.7 Å². The van der Waals surface area contributed by atoms with Crippen LogP contribution < -0.4 is 4.74 Å². The van der Waals surface area contributed by atoms with Gasteiger partial charge in [0.05, 0.1) is 32.4 Å². The van der Waals surface area contributed by atoms with E-state index < -0.39 is 0 Å². The van der Waals surface area contributed by atoms with Crippen LogP contribution in [0.5, 0.6) is 5.75 Å². The van der Waals surface area contributed by atoms with Crippen LogP contribution in [0.4, 0.5) is 0 Å². The molecule has 0 saturated heterocycles. The van der Waals surface area contributed by atoms with Gasteiger partial charge >= 0.3 is 0 Å². The molecule has 3 heterocycles. The Morgan fingerprint density at radius 1 is 1.38 bits per heavy atom. The molecule has 1 amide bonds. The number of amides is 1. The van der Waals surface area contributed by atoms with Crippen LogP contribution in [0.2, 0.25) is 0 Å². The molecule has 0 bridgehead atoms. The van der Waals surface area contributed by atoms with Crippen LogP contribution in [-0.2, 0) is 22.6 Å². The topological polar surface area (TPSA) is 69.5 Å². The zero-order chi connectivity index (χ0) is 16.8. The normalized spacial score (nSPS) is 17.2. The summed E-state index contributed by atoms with van der Waals surface area (Å²) < 4.78 is 13.0. The van der Waals surface area contributed by atoms with Gasteiger partial charge in [0.25, 0.3) is 0 Å². The molecular formula is C17H22N4O3. The standard InChI is InChI=1S/C17H22N4O3/c1-23-8-4-17(22)21-11-14(10-20-7-6-19-16(20)12-21)13-24-15-3-2-5-18-9-15/h2-3,5-7,9,14H,4,8,10-13H2,1H3/t14-/m0/s1. The summed E-state index contributed by atoms with van der Waals surface area (Å²) in [7, 11) is 1.60. The second-order valence-electron chi connectivity index (χ2n) is 5.88. The molecule has 0 aromatic carbocycles. The number of hydrogen-bond donors (Lipinski definition) is 0. The van der Waals surface area contributed by atoms with E-state index in [0.29, 0.717) is 32.7 Å². The van der Waals surface area contributed by atoms with Crippen molar-refractivity contribution < 1.29 is 14.3 Å². The highest BCUT2D eigenvalue weighted by molar-refractivity contribution is 5.76. The highest BCUT2D eigenvalue weighted by atomic mass is 16.5. The van der Waals surface area contributed by atoms with Gasteiger partial charge in [-0.15, -0.1) is 0 Å². The van der Waals surface area contributed by atoms with E-state index >= 15 is 0 Å². The Bertz CT molecular complexity index is 659. The summed E-state index contributed by atoms with van der Waals surface area (Å²) in [6.07, 6.45) is 7.52. The van der Waals surface area contributed by atoms with Gasteiger partial charge in [0, 0.05) is 44.7 Å². The third kappa shape index (κ3) is 4.11. The zero-order valence-corrected chi connectivity index (χ0v) is 13.8. The molecule has 0 radical (unpaired) electrons. The largest absolute Gasteiger partial charge is 0.492 e. The smallest absolute Gasteiger partial charge is 0.225 e. The van der Waals surface area contributed by atoms with Crippen molar-refractivity contribution >= 4 is 5.91 Å². The van der Waals surface area contributed by atoms with E-state index in [-0.39, 0.29) is 11.8 Å². The van der Waals surface area contributed by atoms with Gasteiger partial charge in [-0.3, -0.25) is 9.78 Å². The SMILES string of the molecule is COCCC(=O)N1Cc2nccn2C[C@H](COc2cccnc2)C1. The van der Waals surface area contributed by atoms with E-state index in [1.54, 1.807) is 25.7 Å². The summed E-state index contributed by atoms with van der Waals surface area (Å²) in [6.45, 7) is 2.91. The van der Waals surface area contributed by atoms with E-state index in [0.717, 1.165) is 18.1 Å². The summed E-state index contributed by atoms with van der Waals surface area (Å²) in [5, 5.41) is 0. The number of hydrogen-bond acceptors (Lipinski definition) is 5. The quantitative estimate of drug-likeness (QED) is 0.800. The third-order valence-electron chi connectivity index (χ3n) is 4.06. The number of rotatable bonds is 6. The Kier molecular flexibility index (Phi) is 5.43. The second-order valence-corrected chi connectivity index (χ2v) is 5.88. The average Bonchev–Trinajstić information content (AvgIpc) is 2.96. The van der Waals surface area contributed by atoms with Gasteiger partial charge in [0.15, 0.2) is 0 Å². The van der Waals surface area contributed by atoms with Crippen LogP contribution in [0.1, 0.15) is 12.2 Å². The van der Waals surface area contributed by atoms with E-state index in [4.69, 9.17) is 9.47 Å². The lowest BCUT2D eigenvalue weighted by molar-refractivity contribution is -0.133. The van der Waals surface area contributed by atoms with E-state index in [1.165, 1.54) is 0 Å². The summed E-state index contributed by atoms with van der Waals surface area (Å²) in [5.41, 5.74) is 0. The number of ether oxygens (including phenoxy) is 2. The van der Waals surface area contributed by atoms with Gasteiger partial charge in [-0.2, -0.15) is 0 Å². The Balaban J connectivity index is 1.68. The molecule has 1 aliphatic rings. The first kappa shape index (κ1) is 16.4. The maximum absolute atomic E-state index is 12.4. The van der Waals surface area contributed by atoms with Crippen LogP contribution in [-0.4, -0.2) is 52.2 Å². The summed E-state index contributed by atoms with van der Waals surface area (Å²) in [5.74, 6) is 1.92. The second kappa shape index (κ2) is 7.92. The van der Waals surface area contributed by atoms with Gasteiger partial charge in [-0.25, -0.2) is 4.98 Å². The fourth-order valence-electron chi connectivity index (χ4n) is 2.83. The monoisotopic (exact) mass is 330 g/mol. The van der Waals surface area contributed by atoms with Crippen LogP contribution in [0.3, 0.4) is 0 Å². The summed E-state index contributed by atoms with van der Waals surface area (Å²) in [6, 6.07) is 3.73. The maximum Gasteiger partial charge on any atom is 0.225 e. The van der Waals surface area contributed by atoms with Gasteiger partial charge in [-0.1, -0.05) is 0 Å². The number of pyridine rings is 1. The van der Waals surface area contributed by atoms with Crippen molar-refractivity contribution in [1.82, 2.24) is 19.4 Å². The highest BCUT2D eigenvalue weighted by Gasteiger charge is 2.25. The van der Waals surface area contributed by atoms with Gasteiger partial charge < -0.3 is 18.9 Å². The summed E-state index contributed by atoms with van der Waals surface area (Å²) >= 11 is 0. The fourth-order valence-corrected chi connectivity index (χ4v) is 2.83. The van der Waals surface area contributed by atoms with Gasteiger partial charge in [0.1, 0.15) is 11.6 Å². The molecule has 0 fully saturated rings. The minimum absolute atomic E-state index is 0.0830. The molecule has 7 nitrogen and oxygen atoms in total. The lowest BCUT2D eigenvalue weighted by Crippen LogP contribution is -2.36. The highest BCUT2D eigenvalue weighted by Crippen LogP contribution is 2.18. The fraction of sp³-hybridized carbons (Fsp3) is 0.471. The number of nitrogens with zero attached hydrogens (tertiary/aromatic N) is 4. The first-order valence-corrected chi connectivity index (χ1v) is 8.06. The number of methoxy groups -OCH3 is 1. The minimum Gasteiger partial charge on any atom is -0.492 e. The molecule has 0 unspecified atom stereocenters. The Morgan fingerprint density at radius 3 is 3.08 bits per heavy atom. The molecule has 0 spiro atoms. The first-order valence-electron chi connectivity index (χ1n) is 8.06. The predicted octanol–water partition coefficient (Wildman–Crippen LogP) is 1.35. The van der Waals surface area contributed by atoms with Crippen LogP contribution in [0.25, 0.3) is 0 Å². The Hall–Kier alpha value is -2.41. The number of fused-ring (bicyclic) bond motifs is 1. The maximum atomic E-state index is 12.4. The third-order valence-corrected chi connectivity index (χ3v) is 4.06. The van der Waals surface area contributed by atoms with E-state index in [2.05, 4.69) is 14.5 Å². The van der Waals surface area contributed by atoms with E-state index in [9.17, 15) is 4.79 Å². The van der Waals surface area contributed by atoms with Crippen molar-refractivity contribution in [3.8, 4) is 5.75 Å². The Morgan fingerprint density at radius 2 is 2.29 bits per heavy atom. The van der Waals surface area contributed by atoms with Gasteiger partial charge in [-0.05, 0) is 12.1 Å². The summed E-state index contributed by atoms with van der Waals surface area (Å²) in [4.78, 5) is 22.7. The zero-order valence-electron chi connectivity index (χ0n) is 13.8. The number of aromatic nitrogens is 3. The number of imidazole rings is 1. The molecule has 0 saturated carbocycles. The lowest BCUT2D eigenvalue weighted by atomic mass is 10.1. The minimum atomic E-state index is 0.0830. The molecular weight excluding hydrogens is 308 g/mol. The molecule has 0 N–H and O–H groups in total.